The molecule has 0 bridgehead atoms. The molecule has 11 nitrogen and oxygen atoms in total. The van der Waals surface area contributed by atoms with Crippen molar-refractivity contribution in [3.63, 3.8) is 0 Å². The van der Waals surface area contributed by atoms with Gasteiger partial charge < -0.3 is 30.3 Å². The van der Waals surface area contributed by atoms with Crippen LogP contribution in [0.15, 0.2) is 63.3 Å². The van der Waals surface area contributed by atoms with Gasteiger partial charge in [-0.05, 0) is 19.3 Å². The number of hydrogen-bond acceptors (Lipinski definition) is 6. The molecule has 1 aliphatic heterocycles. The topological polar surface area (TPSA) is 196 Å². The molecule has 0 aliphatic carbocycles. The Morgan fingerprint density at radius 3 is 0.677 bits per heavy atom. The Balaban J connectivity index is -0.0000000875. The molecule has 1 heterocycles. The fourth-order valence-corrected chi connectivity index (χ4v) is 0.687. The van der Waals surface area contributed by atoms with Gasteiger partial charge in [0, 0.05) is 43.6 Å². The minimum absolute atomic E-state index is 0.833. The second kappa shape index (κ2) is 33.6. The first-order chi connectivity index (χ1) is 14.4. The highest BCUT2D eigenvalue weighted by atomic mass is 16.5. The zero-order valence-corrected chi connectivity index (χ0v) is 17.1. The molecular formula is C20H30O11. The molecule has 0 aromatic carbocycles. The summed E-state index contributed by atoms with van der Waals surface area (Å²) >= 11 is 0. The van der Waals surface area contributed by atoms with Crippen LogP contribution >= 0.6 is 0 Å². The molecule has 0 radical (unpaired) electrons. The van der Waals surface area contributed by atoms with Gasteiger partial charge in [-0.1, -0.05) is 32.9 Å². The van der Waals surface area contributed by atoms with Gasteiger partial charge in [-0.25, -0.2) is 24.0 Å². The van der Waals surface area contributed by atoms with Gasteiger partial charge in [0.15, 0.2) is 0 Å². The van der Waals surface area contributed by atoms with E-state index < -0.39 is 29.8 Å². The molecule has 1 rings (SSSR count). The average molecular weight is 446 g/mol. The highest BCUT2D eigenvalue weighted by Crippen LogP contribution is 2.02. The zero-order chi connectivity index (χ0) is 25.7. The maximum atomic E-state index is 9.25. The third-order valence-electron chi connectivity index (χ3n) is 1.95. The van der Waals surface area contributed by atoms with Crippen LogP contribution in [0.2, 0.25) is 0 Å². The van der Waals surface area contributed by atoms with Crippen molar-refractivity contribution in [2.45, 2.75) is 19.3 Å². The molecule has 1 fully saturated rings. The summed E-state index contributed by atoms with van der Waals surface area (Å²) in [4.78, 5) is 46.2. The summed E-state index contributed by atoms with van der Waals surface area (Å²) in [7, 11) is 0. The Hall–Kier alpha value is -3.99. The van der Waals surface area contributed by atoms with Gasteiger partial charge in [0.25, 0.3) is 0 Å². The van der Waals surface area contributed by atoms with Crippen molar-refractivity contribution in [3.05, 3.63) is 63.3 Å². The summed E-state index contributed by atoms with van der Waals surface area (Å²) in [5.41, 5.74) is 0. The lowest BCUT2D eigenvalue weighted by Gasteiger charge is -2.08. The molecule has 0 atom stereocenters. The Morgan fingerprint density at radius 1 is 0.484 bits per heavy atom. The van der Waals surface area contributed by atoms with Crippen LogP contribution < -0.4 is 0 Å². The van der Waals surface area contributed by atoms with Crippen molar-refractivity contribution < 1.29 is 54.2 Å². The summed E-state index contributed by atoms with van der Waals surface area (Å²) in [6.45, 7) is 16.8. The van der Waals surface area contributed by atoms with Crippen LogP contribution in [-0.2, 0) is 28.7 Å². The van der Waals surface area contributed by atoms with E-state index in [2.05, 4.69) is 32.9 Å². The van der Waals surface area contributed by atoms with E-state index in [9.17, 15) is 24.0 Å². The number of ether oxygens (including phenoxy) is 1. The van der Waals surface area contributed by atoms with Gasteiger partial charge >= 0.3 is 29.8 Å². The molecule has 5 N–H and O–H groups in total. The van der Waals surface area contributed by atoms with Crippen LogP contribution in [0.5, 0.6) is 0 Å². The van der Waals surface area contributed by atoms with Crippen molar-refractivity contribution in [1.29, 1.82) is 0 Å². The number of carboxylic acid groups (broad SMARTS) is 5. The van der Waals surface area contributed by atoms with E-state index in [1.54, 1.807) is 0 Å². The van der Waals surface area contributed by atoms with Crippen LogP contribution in [0.1, 0.15) is 19.3 Å². The molecule has 0 spiro atoms. The first-order valence-electron chi connectivity index (χ1n) is 8.20. The lowest BCUT2D eigenvalue weighted by atomic mass is 10.2. The standard InChI is InChI=1S/C5H10O.5C3H4O2/c1-2-4-6-5-3-1;5*1-2-3(4)5/h1-5H2;5*2H,1H2,(H,4,5). The zero-order valence-electron chi connectivity index (χ0n) is 17.1. The van der Waals surface area contributed by atoms with E-state index in [0.717, 1.165) is 43.6 Å². The molecule has 1 aliphatic rings. The van der Waals surface area contributed by atoms with Crippen LogP contribution in [0.4, 0.5) is 0 Å². The fraction of sp³-hybridized carbons (Fsp3) is 0.250. The second-order valence-electron chi connectivity index (χ2n) is 4.38. The average Bonchev–Trinajstić information content (AvgIpc) is 2.76. The van der Waals surface area contributed by atoms with Crippen molar-refractivity contribution in [2.24, 2.45) is 0 Å². The summed E-state index contributed by atoms with van der Waals surface area (Å²) < 4.78 is 5.07. The normalized spacial score (nSPS) is 9.81. The monoisotopic (exact) mass is 446 g/mol. The highest BCUT2D eigenvalue weighted by molar-refractivity contribution is 5.80. The van der Waals surface area contributed by atoms with E-state index in [1.807, 2.05) is 0 Å². The third kappa shape index (κ3) is 104. The van der Waals surface area contributed by atoms with E-state index in [4.69, 9.17) is 30.3 Å². The fourth-order valence-electron chi connectivity index (χ4n) is 0.687. The lowest BCUT2D eigenvalue weighted by Crippen LogP contribution is -2.03. The molecule has 0 unspecified atom stereocenters. The number of rotatable bonds is 5. The van der Waals surface area contributed by atoms with Gasteiger partial charge in [0.2, 0.25) is 0 Å². The number of carbonyl (C=O) groups is 5. The molecular weight excluding hydrogens is 416 g/mol. The number of hydrogen-bond donors (Lipinski definition) is 5. The van der Waals surface area contributed by atoms with Crippen LogP contribution in [0.3, 0.4) is 0 Å². The van der Waals surface area contributed by atoms with Gasteiger partial charge in [-0.2, -0.15) is 0 Å². The van der Waals surface area contributed by atoms with Crippen LogP contribution in [0.25, 0.3) is 0 Å². The minimum Gasteiger partial charge on any atom is -0.478 e. The highest BCUT2D eigenvalue weighted by Gasteiger charge is 1.95. The smallest absolute Gasteiger partial charge is 0.327 e. The van der Waals surface area contributed by atoms with Gasteiger partial charge in [-0.3, -0.25) is 0 Å². The Morgan fingerprint density at radius 2 is 0.645 bits per heavy atom. The van der Waals surface area contributed by atoms with Crippen molar-refractivity contribution >= 4 is 29.8 Å². The van der Waals surface area contributed by atoms with Crippen molar-refractivity contribution in [1.82, 2.24) is 0 Å². The number of aliphatic carboxylic acids is 5. The lowest BCUT2D eigenvalue weighted by molar-refractivity contribution is -0.132. The second-order valence-corrected chi connectivity index (χ2v) is 4.38. The Bertz CT molecular complexity index is 458. The Kier molecular flexibility index (Phi) is 40.9. The predicted molar refractivity (Wildman–Crippen MR) is 114 cm³/mol. The third-order valence-corrected chi connectivity index (χ3v) is 1.95. The SMILES string of the molecule is C1CCOCC1.C=CC(=O)O.C=CC(=O)O.C=CC(=O)O.C=CC(=O)O.C=CC(=O)O. The summed E-state index contributed by atoms with van der Waals surface area (Å²) in [6.07, 6.45) is 8.10. The van der Waals surface area contributed by atoms with E-state index in [-0.39, 0.29) is 0 Å². The molecule has 0 amide bonds. The summed E-state index contributed by atoms with van der Waals surface area (Å²) in [5, 5.41) is 38.0. The molecule has 0 saturated carbocycles. The van der Waals surface area contributed by atoms with Crippen LogP contribution in [-0.4, -0.2) is 68.6 Å². The molecule has 0 aromatic heterocycles. The number of carboxylic acids is 5. The largest absolute Gasteiger partial charge is 0.478 e. The molecule has 11 heteroatoms. The van der Waals surface area contributed by atoms with E-state index in [1.165, 1.54) is 19.3 Å². The summed E-state index contributed by atoms with van der Waals surface area (Å²) in [6, 6.07) is 0. The van der Waals surface area contributed by atoms with Gasteiger partial charge in [0.1, 0.15) is 0 Å². The molecule has 1 saturated heterocycles. The maximum absolute atomic E-state index is 9.25. The quantitative estimate of drug-likeness (QED) is 0.389. The van der Waals surface area contributed by atoms with Gasteiger partial charge in [0.05, 0.1) is 0 Å². The molecule has 176 valence electrons. The van der Waals surface area contributed by atoms with Gasteiger partial charge in [-0.15, -0.1) is 0 Å². The molecule has 0 aromatic rings. The summed E-state index contributed by atoms with van der Waals surface area (Å²) in [5.74, 6) is -4.91. The van der Waals surface area contributed by atoms with E-state index in [0.29, 0.717) is 0 Å². The first-order valence-corrected chi connectivity index (χ1v) is 8.20. The Labute approximate surface area is 180 Å². The van der Waals surface area contributed by atoms with Crippen molar-refractivity contribution in [2.75, 3.05) is 13.2 Å². The minimum atomic E-state index is -0.981. The van der Waals surface area contributed by atoms with Crippen LogP contribution in [0, 0.1) is 0 Å². The van der Waals surface area contributed by atoms with E-state index >= 15 is 0 Å². The first kappa shape index (κ1) is 37.7. The van der Waals surface area contributed by atoms with Crippen molar-refractivity contribution in [3.8, 4) is 0 Å². The predicted octanol–water partition coefficient (Wildman–Crippen LogP) is 2.47. The molecule has 31 heavy (non-hydrogen) atoms. The maximum Gasteiger partial charge on any atom is 0.327 e.